The largest absolute Gasteiger partial charge is 0.490 e. The molecule has 0 spiro atoms. The van der Waals surface area contributed by atoms with Crippen LogP contribution in [0.1, 0.15) is 36.5 Å². The maximum atomic E-state index is 13.3. The Hall–Kier alpha value is -5.70. The van der Waals surface area contributed by atoms with Crippen molar-refractivity contribution in [2.45, 2.75) is 44.0 Å². The molecule has 17 heteroatoms. The van der Waals surface area contributed by atoms with E-state index in [1.807, 2.05) is 30.3 Å². The van der Waals surface area contributed by atoms with Crippen LogP contribution in [0.15, 0.2) is 66.7 Å². The summed E-state index contributed by atoms with van der Waals surface area (Å²) in [5, 5.41) is 24.3. The van der Waals surface area contributed by atoms with Crippen molar-refractivity contribution in [3.05, 3.63) is 83.4 Å². The second kappa shape index (κ2) is 18.5. The minimum atomic E-state index is -4.79. The molecule has 6 rings (SSSR count). The number of piperazine rings is 2. The molecule has 314 valence electrons. The molecule has 0 saturated carbocycles. The molecule has 3 N–H and O–H groups in total. The van der Waals surface area contributed by atoms with E-state index in [2.05, 4.69) is 36.3 Å². The first kappa shape index (κ1) is 42.9. The van der Waals surface area contributed by atoms with Crippen molar-refractivity contribution >= 4 is 40.7 Å². The Morgan fingerprint density at radius 2 is 1.54 bits per heavy atom. The summed E-state index contributed by atoms with van der Waals surface area (Å²) in [6.07, 6.45) is -4.06. The van der Waals surface area contributed by atoms with Crippen molar-refractivity contribution in [2.75, 3.05) is 94.2 Å². The predicted molar refractivity (Wildman–Crippen MR) is 214 cm³/mol. The summed E-state index contributed by atoms with van der Waals surface area (Å²) in [6, 6.07) is 18.9. The molecule has 3 aromatic carbocycles. The number of carbonyl (C=O) groups is 4. The number of anilines is 3. The van der Waals surface area contributed by atoms with Crippen LogP contribution in [0.4, 0.5) is 30.2 Å². The van der Waals surface area contributed by atoms with E-state index in [9.17, 15) is 37.5 Å². The summed E-state index contributed by atoms with van der Waals surface area (Å²) >= 11 is 0. The fourth-order valence-corrected chi connectivity index (χ4v) is 7.39. The summed E-state index contributed by atoms with van der Waals surface area (Å²) < 4.78 is 45.7. The third kappa shape index (κ3) is 11.1. The zero-order chi connectivity index (χ0) is 42.3. The van der Waals surface area contributed by atoms with E-state index < -0.39 is 47.4 Å². The molecule has 3 heterocycles. The Kier molecular flexibility index (Phi) is 13.4. The van der Waals surface area contributed by atoms with Crippen LogP contribution < -0.4 is 25.2 Å². The quantitative estimate of drug-likeness (QED) is 0.218. The number of hydrogen-bond donors (Lipinski definition) is 3. The van der Waals surface area contributed by atoms with E-state index in [0.29, 0.717) is 18.2 Å². The van der Waals surface area contributed by atoms with Gasteiger partial charge in [0.2, 0.25) is 17.7 Å². The second-order valence-electron chi connectivity index (χ2n) is 15.4. The molecular weight excluding hydrogens is 770 g/mol. The standard InChI is InChI=1S/C42H49F3N8O6/c1-41(58,40(57)47-31-7-6-30(27-46)35(26-31)42(43,44)45)28-59-34-10-8-32(9-11-34)52-20-16-50(17-21-52)14-15-51-18-22-53(23-19-51)33-5-3-4-29(24-33)25-38(55)49(2)36-12-13-37(54)48-39(36)56/h3-11,24,26,36,58H,12-23,25,28H2,1-2H3,(H,47,57)(H,48,54,56)/t36?,41-/m0/s1. The number of aliphatic hydroxyl groups is 1. The molecule has 3 fully saturated rings. The Morgan fingerprint density at radius 3 is 2.14 bits per heavy atom. The van der Waals surface area contributed by atoms with Gasteiger partial charge in [0.05, 0.1) is 23.6 Å². The van der Waals surface area contributed by atoms with Gasteiger partial charge in [0, 0.05) is 96.0 Å². The van der Waals surface area contributed by atoms with Crippen molar-refractivity contribution in [3.8, 4) is 11.8 Å². The van der Waals surface area contributed by atoms with Crippen molar-refractivity contribution in [3.63, 3.8) is 0 Å². The van der Waals surface area contributed by atoms with Gasteiger partial charge in [-0.15, -0.1) is 0 Å². The highest BCUT2D eigenvalue weighted by atomic mass is 19.4. The number of alkyl halides is 3. The lowest BCUT2D eigenvalue weighted by Gasteiger charge is -2.39. The Morgan fingerprint density at radius 1 is 0.915 bits per heavy atom. The summed E-state index contributed by atoms with van der Waals surface area (Å²) in [7, 11) is 1.61. The van der Waals surface area contributed by atoms with E-state index in [-0.39, 0.29) is 30.3 Å². The summed E-state index contributed by atoms with van der Waals surface area (Å²) in [5.74, 6) is -1.45. The number of likely N-dealkylation sites (N-methyl/N-ethyl adjacent to an activating group) is 1. The van der Waals surface area contributed by atoms with Gasteiger partial charge in [-0.25, -0.2) is 0 Å². The number of nitriles is 1. The number of amides is 4. The van der Waals surface area contributed by atoms with Crippen LogP contribution in [0.5, 0.6) is 5.75 Å². The van der Waals surface area contributed by atoms with Gasteiger partial charge in [-0.2, -0.15) is 18.4 Å². The maximum Gasteiger partial charge on any atom is 0.417 e. The highest BCUT2D eigenvalue weighted by Gasteiger charge is 2.36. The molecule has 3 aliphatic heterocycles. The lowest BCUT2D eigenvalue weighted by molar-refractivity contribution is -0.144. The summed E-state index contributed by atoms with van der Waals surface area (Å²) in [6.45, 7) is 9.77. The molecule has 0 aliphatic carbocycles. The van der Waals surface area contributed by atoms with Gasteiger partial charge in [0.15, 0.2) is 5.60 Å². The molecule has 3 aromatic rings. The lowest BCUT2D eigenvalue weighted by atomic mass is 10.0. The van der Waals surface area contributed by atoms with E-state index in [0.717, 1.165) is 94.5 Å². The molecule has 3 saturated heterocycles. The van der Waals surface area contributed by atoms with Gasteiger partial charge >= 0.3 is 6.18 Å². The number of carbonyl (C=O) groups excluding carboxylic acids is 4. The number of halogens is 3. The van der Waals surface area contributed by atoms with Gasteiger partial charge in [0.25, 0.3) is 5.91 Å². The van der Waals surface area contributed by atoms with Gasteiger partial charge in [-0.05, 0) is 73.5 Å². The molecule has 0 bridgehead atoms. The number of nitrogens with one attached hydrogen (secondary N) is 2. The van der Waals surface area contributed by atoms with E-state index in [4.69, 9.17) is 10.00 Å². The fraction of sp³-hybridized carbons (Fsp3) is 0.452. The van der Waals surface area contributed by atoms with Crippen molar-refractivity contribution in [2.24, 2.45) is 0 Å². The van der Waals surface area contributed by atoms with Gasteiger partial charge < -0.3 is 29.9 Å². The highest BCUT2D eigenvalue weighted by molar-refractivity contribution is 6.01. The number of rotatable bonds is 13. The minimum absolute atomic E-state index is 0.166. The van der Waals surface area contributed by atoms with Crippen molar-refractivity contribution < 1.29 is 42.2 Å². The number of imide groups is 1. The van der Waals surface area contributed by atoms with Gasteiger partial charge in [-0.1, -0.05) is 12.1 Å². The zero-order valence-electron chi connectivity index (χ0n) is 33.1. The lowest BCUT2D eigenvalue weighted by Crippen LogP contribution is -2.53. The van der Waals surface area contributed by atoms with Crippen LogP contribution >= 0.6 is 0 Å². The minimum Gasteiger partial charge on any atom is -0.490 e. The number of nitrogens with zero attached hydrogens (tertiary/aromatic N) is 6. The third-order valence-electron chi connectivity index (χ3n) is 11.1. The fourth-order valence-electron chi connectivity index (χ4n) is 7.39. The number of ether oxygens (including phenoxy) is 1. The zero-order valence-corrected chi connectivity index (χ0v) is 33.1. The van der Waals surface area contributed by atoms with E-state index in [1.165, 1.54) is 17.9 Å². The molecule has 59 heavy (non-hydrogen) atoms. The van der Waals surface area contributed by atoms with Crippen molar-refractivity contribution in [1.82, 2.24) is 20.0 Å². The first-order chi connectivity index (χ1) is 28.1. The molecule has 14 nitrogen and oxygen atoms in total. The Balaban J connectivity index is 0.889. The first-order valence-electron chi connectivity index (χ1n) is 19.6. The maximum absolute atomic E-state index is 13.3. The van der Waals surface area contributed by atoms with Crippen LogP contribution in [-0.2, 0) is 31.8 Å². The predicted octanol–water partition coefficient (Wildman–Crippen LogP) is 3.10. The molecule has 1 unspecified atom stereocenters. The Bertz CT molecular complexity index is 2040. The van der Waals surface area contributed by atoms with E-state index >= 15 is 0 Å². The van der Waals surface area contributed by atoms with Crippen LogP contribution in [0.25, 0.3) is 0 Å². The smallest absolute Gasteiger partial charge is 0.417 e. The summed E-state index contributed by atoms with van der Waals surface area (Å²) in [4.78, 5) is 60.5. The van der Waals surface area contributed by atoms with Crippen LogP contribution in [0.3, 0.4) is 0 Å². The molecule has 0 radical (unpaired) electrons. The SMILES string of the molecule is CN(C(=O)Cc1cccc(N2CCN(CCN3CCN(c4ccc(OC[C@](C)(O)C(=O)Nc5ccc(C#N)c(C(F)(F)F)c5)cc4)CC3)CC2)c1)C1CCC(=O)NC1=O. The topological polar surface area (TPSA) is 162 Å². The Labute approximate surface area is 341 Å². The van der Waals surface area contributed by atoms with E-state index in [1.54, 1.807) is 19.2 Å². The second-order valence-corrected chi connectivity index (χ2v) is 15.4. The summed E-state index contributed by atoms with van der Waals surface area (Å²) in [5.41, 5.74) is -1.08. The average Bonchev–Trinajstić information content (AvgIpc) is 3.22. The van der Waals surface area contributed by atoms with Gasteiger partial charge in [-0.3, -0.25) is 34.3 Å². The number of piperidine rings is 1. The molecule has 3 aliphatic rings. The molecule has 2 atom stereocenters. The number of hydrogen-bond acceptors (Lipinski definition) is 11. The first-order valence-corrected chi connectivity index (χ1v) is 19.6. The normalized spacial score (nSPS) is 19.0. The van der Waals surface area contributed by atoms with Crippen molar-refractivity contribution in [1.29, 1.82) is 5.26 Å². The molecule has 4 amide bonds. The monoisotopic (exact) mass is 818 g/mol. The van der Waals surface area contributed by atoms with Crippen LogP contribution in [-0.4, -0.2) is 134 Å². The van der Waals surface area contributed by atoms with Crippen LogP contribution in [0, 0.1) is 11.3 Å². The number of benzene rings is 3. The molecule has 0 aromatic heterocycles. The average molecular weight is 819 g/mol. The molecular formula is C42H49F3N8O6. The van der Waals surface area contributed by atoms with Gasteiger partial charge in [0.1, 0.15) is 18.4 Å². The highest BCUT2D eigenvalue weighted by Crippen LogP contribution is 2.34. The third-order valence-corrected chi connectivity index (χ3v) is 11.1. The van der Waals surface area contributed by atoms with Crippen LogP contribution in [0.2, 0.25) is 0 Å².